The third kappa shape index (κ3) is 14.4. The minimum atomic E-state index is -1.32. The van der Waals surface area contributed by atoms with Crippen LogP contribution in [0.15, 0.2) is 96.0 Å². The van der Waals surface area contributed by atoms with E-state index in [9.17, 15) is 33.6 Å². The summed E-state index contributed by atoms with van der Waals surface area (Å²) in [6.07, 6.45) is -1.09. The third-order valence-corrected chi connectivity index (χ3v) is 10.0. The summed E-state index contributed by atoms with van der Waals surface area (Å²) < 4.78 is 21.7. The van der Waals surface area contributed by atoms with Crippen LogP contribution in [0.3, 0.4) is 0 Å². The number of hydrogen-bond donors (Lipinski definition) is 4. The minimum Gasteiger partial charge on any atom is -0.461 e. The lowest BCUT2D eigenvalue weighted by Gasteiger charge is -2.39. The fraction of sp³-hybridized carbons (Fsp3) is 0.422. The third-order valence-electron chi connectivity index (χ3n) is 10.0. The smallest absolute Gasteiger partial charge is 0.414 e. The van der Waals surface area contributed by atoms with Crippen LogP contribution in [0.2, 0.25) is 0 Å². The predicted molar refractivity (Wildman–Crippen MR) is 224 cm³/mol. The molecule has 0 aromatic heterocycles. The van der Waals surface area contributed by atoms with Gasteiger partial charge < -0.3 is 34.5 Å². The Balaban J connectivity index is 1.26. The minimum absolute atomic E-state index is 0.0268. The number of benzene rings is 3. The van der Waals surface area contributed by atoms with Crippen molar-refractivity contribution < 1.29 is 52.5 Å². The Labute approximate surface area is 360 Å². The first kappa shape index (κ1) is 46.3. The molecule has 0 aliphatic carbocycles. The Kier molecular flexibility index (Phi) is 16.6. The summed E-state index contributed by atoms with van der Waals surface area (Å²) in [5.41, 5.74) is 1.37. The number of hydrogen-bond acceptors (Lipinski definition) is 12. The molecule has 0 saturated carbocycles. The Morgan fingerprint density at radius 2 is 1.27 bits per heavy atom. The van der Waals surface area contributed by atoms with Crippen molar-refractivity contribution in [3.05, 3.63) is 108 Å². The highest BCUT2D eigenvalue weighted by atomic mass is 16.6. The maximum atomic E-state index is 14.2. The first-order chi connectivity index (χ1) is 29.6. The summed E-state index contributed by atoms with van der Waals surface area (Å²) in [6, 6.07) is 23.2. The number of nitrogens with one attached hydrogen (secondary N) is 4. The number of ether oxygens (including phenoxy) is 4. The van der Waals surface area contributed by atoms with E-state index in [1.807, 2.05) is 18.2 Å². The Hall–Kier alpha value is -6.78. The van der Waals surface area contributed by atoms with Gasteiger partial charge in [0.05, 0.1) is 6.42 Å². The molecule has 3 aromatic carbocycles. The van der Waals surface area contributed by atoms with Crippen LogP contribution in [0, 0.1) is 5.92 Å². The topological polar surface area (TPSA) is 220 Å². The lowest BCUT2D eigenvalue weighted by atomic mass is 9.88. The van der Waals surface area contributed by atoms with E-state index in [4.69, 9.17) is 18.9 Å². The number of carbonyl (C=O) groups is 7. The van der Waals surface area contributed by atoms with Crippen molar-refractivity contribution in [2.75, 3.05) is 6.54 Å². The second-order valence-corrected chi connectivity index (χ2v) is 16.0. The van der Waals surface area contributed by atoms with Crippen LogP contribution >= 0.6 is 0 Å². The summed E-state index contributed by atoms with van der Waals surface area (Å²) >= 11 is 0. The first-order valence-electron chi connectivity index (χ1n) is 20.5. The molecular weight excluding hydrogens is 801 g/mol. The largest absolute Gasteiger partial charge is 0.461 e. The second kappa shape index (κ2) is 22.2. The zero-order valence-corrected chi connectivity index (χ0v) is 35.3. The summed E-state index contributed by atoms with van der Waals surface area (Å²) in [5, 5.41) is 10.1. The Morgan fingerprint density at radius 1 is 0.758 bits per heavy atom. The average molecular weight is 855 g/mol. The molecular formula is C45H54N6O11. The van der Waals surface area contributed by atoms with Gasteiger partial charge in [-0.2, -0.15) is 0 Å². The van der Waals surface area contributed by atoms with Gasteiger partial charge in [0.15, 0.2) is 0 Å². The van der Waals surface area contributed by atoms with E-state index in [1.54, 1.807) is 93.6 Å². The van der Waals surface area contributed by atoms with Crippen molar-refractivity contribution in [1.29, 1.82) is 0 Å². The van der Waals surface area contributed by atoms with E-state index in [0.717, 1.165) is 16.7 Å². The van der Waals surface area contributed by atoms with E-state index < -0.39 is 78.0 Å². The highest BCUT2D eigenvalue weighted by Crippen LogP contribution is 2.39. The van der Waals surface area contributed by atoms with Gasteiger partial charge in [0.25, 0.3) is 0 Å². The van der Waals surface area contributed by atoms with E-state index in [1.165, 1.54) is 11.8 Å². The van der Waals surface area contributed by atoms with Crippen molar-refractivity contribution in [1.82, 2.24) is 26.2 Å². The zero-order chi connectivity index (χ0) is 44.6. The van der Waals surface area contributed by atoms with Crippen LogP contribution in [0.1, 0.15) is 76.5 Å². The number of rotatable bonds is 15. The van der Waals surface area contributed by atoms with Crippen molar-refractivity contribution in [3.8, 4) is 0 Å². The lowest BCUT2D eigenvalue weighted by molar-refractivity contribution is -0.165. The van der Waals surface area contributed by atoms with Crippen molar-refractivity contribution in [2.24, 2.45) is 10.9 Å². The number of aliphatic imine (C=N–C) groups is 1. The van der Waals surface area contributed by atoms with Crippen LogP contribution in [-0.2, 0) is 62.7 Å². The maximum Gasteiger partial charge on any atom is 0.414 e. The summed E-state index contributed by atoms with van der Waals surface area (Å²) in [5.74, 6) is -3.68. The fourth-order valence-electron chi connectivity index (χ4n) is 7.23. The van der Waals surface area contributed by atoms with Gasteiger partial charge in [0.2, 0.25) is 23.7 Å². The molecule has 2 fully saturated rings. The summed E-state index contributed by atoms with van der Waals surface area (Å²) in [4.78, 5) is 97.8. The molecule has 2 aliphatic heterocycles. The molecule has 2 heterocycles. The highest BCUT2D eigenvalue weighted by Gasteiger charge is 2.52. The number of alkyl carbamates (subject to hydrolysis) is 2. The number of piperidine rings is 1. The molecule has 5 amide bonds. The molecule has 330 valence electrons. The maximum absolute atomic E-state index is 14.2. The molecule has 2 saturated heterocycles. The fourth-order valence-corrected chi connectivity index (χ4v) is 7.23. The van der Waals surface area contributed by atoms with Gasteiger partial charge in [-0.05, 0) is 69.1 Å². The molecule has 5 rings (SSSR count). The van der Waals surface area contributed by atoms with Crippen LogP contribution in [0.5, 0.6) is 0 Å². The number of amides is 5. The monoisotopic (exact) mass is 854 g/mol. The number of nitrogens with zero attached hydrogens (tertiary/aromatic N) is 2. The quantitative estimate of drug-likeness (QED) is 0.0725. The SMILES string of the molecule is CC(=O)N[C@@H](CC(=O)OCc1ccccc1)C(=O)N[C@H]1CC[C@@H]2[C@@H](CCN=C(NC(=O)OCc3ccccc3)NC(=O)OCc3ccccc3)C[C@@H](C(=O)OC(C)(C)C)N2C1=O. The number of fused-ring (bicyclic) bond motifs is 1. The van der Waals surface area contributed by atoms with E-state index in [2.05, 4.69) is 26.3 Å². The molecule has 17 heteroatoms. The molecule has 0 bridgehead atoms. The van der Waals surface area contributed by atoms with E-state index in [0.29, 0.717) is 12.8 Å². The number of esters is 2. The molecule has 0 radical (unpaired) electrons. The summed E-state index contributed by atoms with van der Waals surface area (Å²) in [6.45, 7) is 6.32. The van der Waals surface area contributed by atoms with Crippen LogP contribution in [0.4, 0.5) is 9.59 Å². The molecule has 62 heavy (non-hydrogen) atoms. The van der Waals surface area contributed by atoms with Crippen LogP contribution < -0.4 is 21.3 Å². The Morgan fingerprint density at radius 3 is 1.77 bits per heavy atom. The van der Waals surface area contributed by atoms with Crippen LogP contribution in [0.25, 0.3) is 0 Å². The molecule has 17 nitrogen and oxygen atoms in total. The molecule has 4 N–H and O–H groups in total. The Bertz CT molecular complexity index is 2000. The van der Waals surface area contributed by atoms with Gasteiger partial charge in [0.1, 0.15) is 43.5 Å². The van der Waals surface area contributed by atoms with Crippen LogP contribution in [-0.4, -0.2) is 89.0 Å². The van der Waals surface area contributed by atoms with Gasteiger partial charge in [-0.15, -0.1) is 0 Å². The number of guanidine groups is 1. The highest BCUT2D eigenvalue weighted by molar-refractivity contribution is 6.01. The van der Waals surface area contributed by atoms with Gasteiger partial charge in [0, 0.05) is 19.5 Å². The van der Waals surface area contributed by atoms with Gasteiger partial charge >= 0.3 is 24.1 Å². The van der Waals surface area contributed by atoms with E-state index >= 15 is 0 Å². The predicted octanol–water partition coefficient (Wildman–Crippen LogP) is 4.43. The molecule has 0 spiro atoms. The van der Waals surface area contributed by atoms with Crippen molar-refractivity contribution in [2.45, 2.75) is 109 Å². The zero-order valence-electron chi connectivity index (χ0n) is 35.3. The average Bonchev–Trinajstić information content (AvgIpc) is 3.62. The molecule has 5 atom stereocenters. The van der Waals surface area contributed by atoms with Crippen molar-refractivity contribution >= 4 is 47.8 Å². The number of carbonyl (C=O) groups excluding carboxylic acids is 7. The van der Waals surface area contributed by atoms with Gasteiger partial charge in [-0.1, -0.05) is 91.0 Å². The van der Waals surface area contributed by atoms with Crippen molar-refractivity contribution in [3.63, 3.8) is 0 Å². The molecule has 2 aliphatic rings. The van der Waals surface area contributed by atoms with E-state index in [-0.39, 0.29) is 51.1 Å². The normalized spacial score (nSPS) is 18.5. The second-order valence-electron chi connectivity index (χ2n) is 16.0. The molecule has 3 aromatic rings. The van der Waals surface area contributed by atoms with Gasteiger partial charge in [-0.25, -0.2) is 14.4 Å². The standard InChI is InChI=1S/C45H54N6O11/c1-29(52)47-35(25-38(53)59-26-30-14-8-5-9-15-30)39(54)48-34-20-21-36-33(24-37(51(36)40(34)55)41(56)62-45(2,3)4)22-23-46-42(49-43(57)60-27-31-16-10-6-11-17-31)50-44(58)61-28-32-18-12-7-13-19-32/h5-19,33-37H,20-28H2,1-4H3,(H,47,52)(H,48,54)(H2,46,49,50,57,58)/t33-,34-,35-,36+,37-/m0/s1. The first-order valence-corrected chi connectivity index (χ1v) is 20.5. The lowest BCUT2D eigenvalue weighted by Crippen LogP contribution is -2.60. The molecule has 0 unspecified atom stereocenters. The summed E-state index contributed by atoms with van der Waals surface area (Å²) in [7, 11) is 0. The van der Waals surface area contributed by atoms with Gasteiger partial charge in [-0.3, -0.25) is 34.8 Å².